The van der Waals surface area contributed by atoms with E-state index in [1.54, 1.807) is 0 Å². The van der Waals surface area contributed by atoms with Gasteiger partial charge >= 0.3 is 29.8 Å². The number of hydrogen-bond donors (Lipinski definition) is 1. The molecule has 0 aromatic carbocycles. The van der Waals surface area contributed by atoms with Crippen molar-refractivity contribution in [3.63, 3.8) is 0 Å². The first kappa shape index (κ1) is 24.9. The van der Waals surface area contributed by atoms with Crippen molar-refractivity contribution in [1.82, 2.24) is 5.32 Å². The van der Waals surface area contributed by atoms with Crippen molar-refractivity contribution in [2.24, 2.45) is 0 Å². The monoisotopic (exact) mass is 431 g/mol. The minimum atomic E-state index is -1.51. The van der Waals surface area contributed by atoms with Crippen LogP contribution in [-0.4, -0.2) is 72.3 Å². The van der Waals surface area contributed by atoms with Crippen LogP contribution in [0.15, 0.2) is 0 Å². The largest absolute Gasteiger partial charge is 0.456 e. The number of carbonyl (C=O) groups is 6. The second kappa shape index (κ2) is 10.6. The number of esters is 5. The highest BCUT2D eigenvalue weighted by molar-refractivity contribution is 5.74. The van der Waals surface area contributed by atoms with Crippen LogP contribution in [0.1, 0.15) is 41.5 Å². The summed E-state index contributed by atoms with van der Waals surface area (Å²) >= 11 is 0. The smallest absolute Gasteiger partial charge is 0.303 e. The van der Waals surface area contributed by atoms with Crippen LogP contribution < -0.4 is 5.32 Å². The summed E-state index contributed by atoms with van der Waals surface area (Å²) < 4.78 is 26.1. The highest BCUT2D eigenvalue weighted by Gasteiger charge is 2.59. The van der Waals surface area contributed by atoms with E-state index in [9.17, 15) is 28.8 Å². The fraction of sp³-hybridized carbons (Fsp3) is 0.667. The van der Waals surface area contributed by atoms with Gasteiger partial charge in [0.1, 0.15) is 6.04 Å². The fourth-order valence-corrected chi connectivity index (χ4v) is 3.20. The van der Waals surface area contributed by atoms with Gasteiger partial charge in [0, 0.05) is 41.5 Å². The molecule has 30 heavy (non-hydrogen) atoms. The Hall–Kier alpha value is -3.18. The average Bonchev–Trinajstić information content (AvgIpc) is 2.55. The van der Waals surface area contributed by atoms with E-state index in [4.69, 9.17) is 23.7 Å². The number of amides is 1. The molecule has 168 valence electrons. The fourth-order valence-electron chi connectivity index (χ4n) is 3.20. The van der Waals surface area contributed by atoms with Gasteiger partial charge in [-0.2, -0.15) is 0 Å². The third-order valence-corrected chi connectivity index (χ3v) is 3.88. The number of nitrogens with one attached hydrogen (secondary N) is 1. The molecule has 12 nitrogen and oxygen atoms in total. The Balaban J connectivity index is 3.66. The van der Waals surface area contributed by atoms with E-state index in [0.29, 0.717) is 0 Å². The summed E-state index contributed by atoms with van der Waals surface area (Å²) in [4.78, 5) is 70.3. The maximum Gasteiger partial charge on any atom is 0.303 e. The summed E-state index contributed by atoms with van der Waals surface area (Å²) in [6.45, 7) is 6.45. The molecule has 12 heteroatoms. The van der Waals surface area contributed by atoms with E-state index in [-0.39, 0.29) is 0 Å². The van der Waals surface area contributed by atoms with Crippen LogP contribution in [0.3, 0.4) is 0 Å². The highest BCUT2D eigenvalue weighted by atomic mass is 16.6. The first-order chi connectivity index (χ1) is 13.8. The summed E-state index contributed by atoms with van der Waals surface area (Å²) in [6, 6.07) is -1.30. The van der Waals surface area contributed by atoms with Gasteiger partial charge in [-0.3, -0.25) is 28.8 Å². The summed E-state index contributed by atoms with van der Waals surface area (Å²) in [5.41, 5.74) is 0. The van der Waals surface area contributed by atoms with E-state index in [0.717, 1.165) is 41.5 Å². The molecule has 0 bridgehead atoms. The van der Waals surface area contributed by atoms with Gasteiger partial charge in [0.15, 0.2) is 30.5 Å². The molecule has 0 aliphatic heterocycles. The SMILES string of the molecule is CC(=O)NC1[C@@H](OC(C)=O)[C@H](OC(C)=O)C(OC(C)=O)[C@@H](OC(C)=O)[C@H]1OC(C)=O. The standard InChI is InChI=1S/C18H25NO11/c1-7(20)19-13-14(26-8(2)21)16(28-10(4)23)18(30-12(6)25)17(29-11(5)24)15(13)27-9(3)22/h13-18H,1-6H3,(H,19,20)/t13?,14-,15+,16-,17-,18?/m0/s1. The van der Waals surface area contributed by atoms with E-state index in [1.807, 2.05) is 0 Å². The zero-order valence-corrected chi connectivity index (χ0v) is 17.5. The molecule has 0 saturated heterocycles. The number of rotatable bonds is 6. The molecule has 1 rings (SSSR count). The summed E-state index contributed by atoms with van der Waals surface area (Å²) in [5, 5.41) is 2.46. The molecule has 1 aliphatic carbocycles. The van der Waals surface area contributed by atoms with Crippen LogP contribution in [0, 0.1) is 0 Å². The molecule has 0 radical (unpaired) electrons. The minimum absolute atomic E-state index is 0.608. The second-order valence-electron chi connectivity index (χ2n) is 6.60. The lowest BCUT2D eigenvalue weighted by molar-refractivity contribution is -0.237. The van der Waals surface area contributed by atoms with Crippen LogP contribution in [0.2, 0.25) is 0 Å². The van der Waals surface area contributed by atoms with Crippen LogP contribution in [0.5, 0.6) is 0 Å². The van der Waals surface area contributed by atoms with Gasteiger partial charge in [-0.15, -0.1) is 0 Å². The van der Waals surface area contributed by atoms with Gasteiger partial charge in [0.25, 0.3) is 0 Å². The molecule has 0 heterocycles. The lowest BCUT2D eigenvalue weighted by atomic mass is 9.82. The van der Waals surface area contributed by atoms with Gasteiger partial charge in [-0.05, 0) is 0 Å². The molecule has 1 fully saturated rings. The maximum atomic E-state index is 11.8. The zero-order chi connectivity index (χ0) is 23.2. The van der Waals surface area contributed by atoms with Gasteiger partial charge in [0.05, 0.1) is 0 Å². The number of carbonyl (C=O) groups excluding carboxylic acids is 6. The Morgan fingerprint density at radius 2 is 0.700 bits per heavy atom. The van der Waals surface area contributed by atoms with Crippen LogP contribution in [-0.2, 0) is 52.5 Å². The molecular weight excluding hydrogens is 406 g/mol. The highest BCUT2D eigenvalue weighted by Crippen LogP contribution is 2.33. The van der Waals surface area contributed by atoms with E-state index in [2.05, 4.69) is 5.32 Å². The molecule has 0 aromatic rings. The third kappa shape index (κ3) is 7.01. The number of hydrogen-bond acceptors (Lipinski definition) is 11. The van der Waals surface area contributed by atoms with Gasteiger partial charge in [0.2, 0.25) is 5.91 Å². The normalized spacial score (nSPS) is 27.8. The van der Waals surface area contributed by atoms with E-state index in [1.165, 1.54) is 0 Å². The molecule has 2 unspecified atom stereocenters. The van der Waals surface area contributed by atoms with E-state index >= 15 is 0 Å². The molecule has 6 atom stereocenters. The summed E-state index contributed by atoms with van der Waals surface area (Å²) in [7, 11) is 0. The first-order valence-electron chi connectivity index (χ1n) is 8.96. The first-order valence-corrected chi connectivity index (χ1v) is 8.96. The van der Waals surface area contributed by atoms with Crippen molar-refractivity contribution in [2.75, 3.05) is 0 Å². The van der Waals surface area contributed by atoms with Crippen molar-refractivity contribution >= 4 is 35.8 Å². The Kier molecular flexibility index (Phi) is 8.75. The Morgan fingerprint density at radius 1 is 0.467 bits per heavy atom. The van der Waals surface area contributed by atoms with Crippen molar-refractivity contribution in [2.45, 2.75) is 78.1 Å². The second-order valence-corrected chi connectivity index (χ2v) is 6.60. The summed E-state index contributed by atoms with van der Waals surface area (Å²) in [5.74, 6) is -4.74. The van der Waals surface area contributed by atoms with Gasteiger partial charge in [-0.25, -0.2) is 0 Å². The quantitative estimate of drug-likeness (QED) is 0.412. The predicted molar refractivity (Wildman–Crippen MR) is 95.4 cm³/mol. The Labute approximate surface area is 172 Å². The zero-order valence-electron chi connectivity index (χ0n) is 17.5. The van der Waals surface area contributed by atoms with Crippen molar-refractivity contribution in [1.29, 1.82) is 0 Å². The third-order valence-electron chi connectivity index (χ3n) is 3.88. The summed E-state index contributed by atoms with van der Waals surface area (Å²) in [6.07, 6.45) is -7.34. The van der Waals surface area contributed by atoms with Gasteiger partial charge in [-0.1, -0.05) is 0 Å². The average molecular weight is 431 g/mol. The maximum absolute atomic E-state index is 11.8. The van der Waals surface area contributed by atoms with Gasteiger partial charge < -0.3 is 29.0 Å². The lowest BCUT2D eigenvalue weighted by Crippen LogP contribution is -2.71. The Morgan fingerprint density at radius 3 is 0.933 bits per heavy atom. The molecule has 1 N–H and O–H groups in total. The van der Waals surface area contributed by atoms with Crippen LogP contribution in [0.25, 0.3) is 0 Å². The van der Waals surface area contributed by atoms with Crippen LogP contribution in [0.4, 0.5) is 0 Å². The van der Waals surface area contributed by atoms with Crippen molar-refractivity contribution in [3.05, 3.63) is 0 Å². The predicted octanol–water partition coefficient (Wildman–Crippen LogP) is -0.837. The Bertz CT molecular complexity index is 552. The molecule has 1 amide bonds. The topological polar surface area (TPSA) is 161 Å². The van der Waals surface area contributed by atoms with E-state index < -0.39 is 72.3 Å². The van der Waals surface area contributed by atoms with Crippen molar-refractivity contribution < 1.29 is 52.5 Å². The molecule has 1 saturated carbocycles. The molecule has 1 aliphatic rings. The number of ether oxygens (including phenoxy) is 5. The molecular formula is C18H25NO11. The lowest BCUT2D eigenvalue weighted by Gasteiger charge is -2.47. The van der Waals surface area contributed by atoms with Crippen LogP contribution >= 0.6 is 0 Å². The molecule has 0 aromatic heterocycles. The van der Waals surface area contributed by atoms with Crippen molar-refractivity contribution in [3.8, 4) is 0 Å². The molecule has 0 spiro atoms. The minimum Gasteiger partial charge on any atom is -0.456 e.